The summed E-state index contributed by atoms with van der Waals surface area (Å²) in [7, 11) is -1.09. The van der Waals surface area contributed by atoms with E-state index in [1.54, 1.807) is 5.56 Å². The third-order valence-corrected chi connectivity index (χ3v) is 6.06. The summed E-state index contributed by atoms with van der Waals surface area (Å²) in [6.45, 7) is 7.37. The van der Waals surface area contributed by atoms with E-state index in [0.717, 1.165) is 5.88 Å². The van der Waals surface area contributed by atoms with Crippen molar-refractivity contribution in [1.29, 1.82) is 0 Å². The highest BCUT2D eigenvalue weighted by molar-refractivity contribution is 6.76. The monoisotopic (exact) mass is 266 g/mol. The number of aryl methyl sites for hydroxylation is 1. The van der Waals surface area contributed by atoms with Gasteiger partial charge in [-0.3, -0.25) is 0 Å². The van der Waals surface area contributed by atoms with Crippen LogP contribution in [0.5, 0.6) is 0 Å². The standard InChI is InChI=1S/C15H23ClSi/c1-17(2,3)12-15(11-16)10-6-8-13-7-4-5-9-14(13)15/h4-5,7,9H,6,8,10-12H2,1-3H3. The molecule has 1 unspecified atom stereocenters. The first-order chi connectivity index (χ1) is 7.97. The van der Waals surface area contributed by atoms with Crippen LogP contribution in [0.3, 0.4) is 0 Å². The van der Waals surface area contributed by atoms with Gasteiger partial charge in [0.2, 0.25) is 0 Å². The van der Waals surface area contributed by atoms with E-state index < -0.39 is 8.07 Å². The topological polar surface area (TPSA) is 0 Å². The smallest absolute Gasteiger partial charge is 0.0451 e. The summed E-state index contributed by atoms with van der Waals surface area (Å²) in [5.41, 5.74) is 3.35. The van der Waals surface area contributed by atoms with Gasteiger partial charge in [0, 0.05) is 19.4 Å². The fraction of sp³-hybridized carbons (Fsp3) is 0.600. The van der Waals surface area contributed by atoms with Crippen LogP contribution in [0.4, 0.5) is 0 Å². The highest BCUT2D eigenvalue weighted by Crippen LogP contribution is 2.43. The number of alkyl halides is 1. The molecule has 0 amide bonds. The molecule has 0 radical (unpaired) electrons. The quantitative estimate of drug-likeness (QED) is 0.543. The van der Waals surface area contributed by atoms with Crippen molar-refractivity contribution in [3.8, 4) is 0 Å². The summed E-state index contributed by atoms with van der Waals surface area (Å²) in [6.07, 6.45) is 3.81. The molecule has 1 atom stereocenters. The molecule has 0 heterocycles. The number of benzene rings is 1. The molecule has 1 aliphatic carbocycles. The van der Waals surface area contributed by atoms with E-state index in [1.165, 1.54) is 30.9 Å². The maximum atomic E-state index is 6.39. The number of hydrogen-bond donors (Lipinski definition) is 0. The van der Waals surface area contributed by atoms with Crippen molar-refractivity contribution in [2.45, 2.75) is 50.4 Å². The molecule has 2 rings (SSSR count). The molecule has 0 aromatic heterocycles. The molecule has 2 heteroatoms. The van der Waals surface area contributed by atoms with Gasteiger partial charge < -0.3 is 0 Å². The van der Waals surface area contributed by atoms with E-state index in [-0.39, 0.29) is 5.41 Å². The van der Waals surface area contributed by atoms with Crippen molar-refractivity contribution < 1.29 is 0 Å². The number of rotatable bonds is 3. The van der Waals surface area contributed by atoms with Crippen molar-refractivity contribution >= 4 is 19.7 Å². The maximum absolute atomic E-state index is 6.39. The van der Waals surface area contributed by atoms with Crippen LogP contribution < -0.4 is 0 Å². The van der Waals surface area contributed by atoms with E-state index >= 15 is 0 Å². The first-order valence-corrected chi connectivity index (χ1v) is 10.9. The van der Waals surface area contributed by atoms with E-state index in [9.17, 15) is 0 Å². The Bertz CT molecular complexity index is 394. The Kier molecular flexibility index (Phi) is 3.70. The van der Waals surface area contributed by atoms with Crippen molar-refractivity contribution in [1.82, 2.24) is 0 Å². The molecule has 17 heavy (non-hydrogen) atoms. The molecular weight excluding hydrogens is 244 g/mol. The fourth-order valence-corrected chi connectivity index (χ4v) is 6.45. The Hall–Kier alpha value is -0.273. The highest BCUT2D eigenvalue weighted by atomic mass is 35.5. The molecule has 0 saturated carbocycles. The molecule has 0 saturated heterocycles. The van der Waals surface area contributed by atoms with Gasteiger partial charge in [-0.15, -0.1) is 11.6 Å². The molecule has 0 bridgehead atoms. The lowest BCUT2D eigenvalue weighted by Gasteiger charge is -2.41. The van der Waals surface area contributed by atoms with Gasteiger partial charge in [-0.05, 0) is 36.4 Å². The van der Waals surface area contributed by atoms with E-state index in [2.05, 4.69) is 43.9 Å². The Morgan fingerprint density at radius 1 is 1.24 bits per heavy atom. The number of halogens is 1. The van der Waals surface area contributed by atoms with E-state index in [4.69, 9.17) is 11.6 Å². The molecule has 0 nitrogen and oxygen atoms in total. The van der Waals surface area contributed by atoms with Gasteiger partial charge >= 0.3 is 0 Å². The predicted molar refractivity (Wildman–Crippen MR) is 79.9 cm³/mol. The van der Waals surface area contributed by atoms with Gasteiger partial charge in [0.05, 0.1) is 0 Å². The predicted octanol–water partition coefficient (Wildman–Crippen LogP) is 4.84. The Labute approximate surface area is 111 Å². The van der Waals surface area contributed by atoms with Crippen LogP contribution in [-0.2, 0) is 11.8 Å². The summed E-state index contributed by atoms with van der Waals surface area (Å²) in [5, 5.41) is 0. The largest absolute Gasteiger partial charge is 0.126 e. The first kappa shape index (κ1) is 13.2. The lowest BCUT2D eigenvalue weighted by Crippen LogP contribution is -2.40. The second-order valence-corrected chi connectivity index (χ2v) is 12.4. The van der Waals surface area contributed by atoms with Gasteiger partial charge in [-0.2, -0.15) is 0 Å². The summed E-state index contributed by atoms with van der Waals surface area (Å²) < 4.78 is 0. The van der Waals surface area contributed by atoms with Crippen LogP contribution in [0.1, 0.15) is 24.0 Å². The minimum Gasteiger partial charge on any atom is -0.126 e. The molecule has 1 aromatic rings. The van der Waals surface area contributed by atoms with Crippen molar-refractivity contribution in [2.24, 2.45) is 0 Å². The average molecular weight is 267 g/mol. The third kappa shape index (κ3) is 2.77. The molecule has 0 fully saturated rings. The minimum absolute atomic E-state index is 0.265. The number of hydrogen-bond acceptors (Lipinski definition) is 0. The second kappa shape index (κ2) is 4.77. The van der Waals surface area contributed by atoms with Crippen LogP contribution in [0.2, 0.25) is 25.7 Å². The van der Waals surface area contributed by atoms with Crippen molar-refractivity contribution in [3.05, 3.63) is 35.4 Å². The lowest BCUT2D eigenvalue weighted by molar-refractivity contribution is 0.432. The van der Waals surface area contributed by atoms with Crippen molar-refractivity contribution in [2.75, 3.05) is 5.88 Å². The second-order valence-electron chi connectivity index (χ2n) is 6.66. The van der Waals surface area contributed by atoms with Crippen LogP contribution in [0.15, 0.2) is 24.3 Å². The molecule has 0 spiro atoms. The molecular formula is C15H23ClSi. The lowest BCUT2D eigenvalue weighted by atomic mass is 9.72. The zero-order valence-electron chi connectivity index (χ0n) is 11.2. The summed E-state index contributed by atoms with van der Waals surface area (Å²) in [6, 6.07) is 10.3. The zero-order chi connectivity index (χ0) is 12.5. The Balaban J connectivity index is 2.42. The van der Waals surface area contributed by atoms with Crippen molar-refractivity contribution in [3.63, 3.8) is 0 Å². The van der Waals surface area contributed by atoms with Gasteiger partial charge in [0.25, 0.3) is 0 Å². The van der Waals surface area contributed by atoms with Gasteiger partial charge in [-0.1, -0.05) is 43.9 Å². The molecule has 0 aliphatic heterocycles. The third-order valence-electron chi connectivity index (χ3n) is 3.81. The highest BCUT2D eigenvalue weighted by Gasteiger charge is 2.39. The minimum atomic E-state index is -1.09. The van der Waals surface area contributed by atoms with Gasteiger partial charge in [0.1, 0.15) is 0 Å². The van der Waals surface area contributed by atoms with E-state index in [1.807, 2.05) is 0 Å². The fourth-order valence-electron chi connectivity index (χ4n) is 3.39. The zero-order valence-corrected chi connectivity index (χ0v) is 13.0. The Morgan fingerprint density at radius 3 is 2.59 bits per heavy atom. The molecule has 0 N–H and O–H groups in total. The van der Waals surface area contributed by atoms with Gasteiger partial charge in [0.15, 0.2) is 0 Å². The van der Waals surface area contributed by atoms with Crippen LogP contribution in [0, 0.1) is 0 Å². The average Bonchev–Trinajstić information content (AvgIpc) is 2.27. The molecule has 1 aliphatic rings. The first-order valence-electron chi connectivity index (χ1n) is 6.61. The summed E-state index contributed by atoms with van der Waals surface area (Å²) in [4.78, 5) is 0. The Morgan fingerprint density at radius 2 is 1.94 bits per heavy atom. The molecule has 94 valence electrons. The summed E-state index contributed by atoms with van der Waals surface area (Å²) in [5.74, 6) is 0.786. The number of fused-ring (bicyclic) bond motifs is 1. The molecule has 1 aromatic carbocycles. The van der Waals surface area contributed by atoms with Crippen LogP contribution in [0.25, 0.3) is 0 Å². The van der Waals surface area contributed by atoms with Crippen LogP contribution >= 0.6 is 11.6 Å². The van der Waals surface area contributed by atoms with Gasteiger partial charge in [-0.25, -0.2) is 0 Å². The SMILES string of the molecule is C[Si](C)(C)CC1(CCl)CCCc2ccccc21. The van der Waals surface area contributed by atoms with Crippen LogP contribution in [-0.4, -0.2) is 14.0 Å². The van der Waals surface area contributed by atoms with E-state index in [0.29, 0.717) is 0 Å². The summed E-state index contributed by atoms with van der Waals surface area (Å²) >= 11 is 6.39. The maximum Gasteiger partial charge on any atom is 0.0451 e. The normalized spacial score (nSPS) is 24.5.